The molecule has 0 aliphatic rings. The van der Waals surface area contributed by atoms with Crippen LogP contribution in [0.2, 0.25) is 0 Å². The first kappa shape index (κ1) is 20.0. The molecule has 0 aliphatic heterocycles. The molecule has 2 N–H and O–H groups in total. The van der Waals surface area contributed by atoms with Gasteiger partial charge in [0.25, 0.3) is 0 Å². The first-order chi connectivity index (χ1) is 8.99. The molecule has 0 heterocycles. The van der Waals surface area contributed by atoms with Crippen LogP contribution in [0.1, 0.15) is 25.8 Å². The van der Waals surface area contributed by atoms with E-state index < -0.39 is 18.0 Å². The van der Waals surface area contributed by atoms with E-state index in [2.05, 4.69) is 5.32 Å². The summed E-state index contributed by atoms with van der Waals surface area (Å²) in [5.41, 5.74) is 7.98. The number of ether oxygens (including phenoxy) is 1. The third-order valence-corrected chi connectivity index (χ3v) is 2.53. The number of amides is 2. The second kappa shape index (κ2) is 10.7. The van der Waals surface area contributed by atoms with Crippen LogP contribution in [-0.2, 0) is 16.1 Å². The van der Waals surface area contributed by atoms with Gasteiger partial charge in [-0.2, -0.15) is 0 Å². The summed E-state index contributed by atoms with van der Waals surface area (Å²) in [6.07, 6.45) is -0.238. The van der Waals surface area contributed by atoms with Crippen molar-refractivity contribution in [1.82, 2.24) is 5.32 Å². The van der Waals surface area contributed by atoms with Gasteiger partial charge in [-0.3, -0.25) is 0 Å². The van der Waals surface area contributed by atoms with Crippen molar-refractivity contribution in [1.29, 1.82) is 0 Å². The molecule has 1 unspecified atom stereocenters. The molecule has 1 aromatic rings. The van der Waals surface area contributed by atoms with Gasteiger partial charge in [-0.15, -0.1) is 0 Å². The predicted molar refractivity (Wildman–Crippen MR) is 72.3 cm³/mol. The van der Waals surface area contributed by atoms with Gasteiger partial charge in [0, 0.05) is 0 Å². The minimum absolute atomic E-state index is 0. The molecule has 0 radical (unpaired) electrons. The van der Waals surface area contributed by atoms with Gasteiger partial charge in [-0.25, -0.2) is 4.79 Å². The van der Waals surface area contributed by atoms with E-state index in [0.29, 0.717) is 6.42 Å². The van der Waals surface area contributed by atoms with E-state index in [1.165, 1.54) is 0 Å². The minimum atomic E-state index is -0.803. The van der Waals surface area contributed by atoms with Crippen molar-refractivity contribution in [3.63, 3.8) is 0 Å². The first-order valence-electron chi connectivity index (χ1n) is 6.21. The zero-order chi connectivity index (χ0) is 14.3. The number of carbonyl (C=O) groups is 2. The molecule has 1 rings (SSSR count). The number of alkyl carbamates (subject to hydrolysis) is 1. The molecule has 0 aliphatic carbocycles. The van der Waals surface area contributed by atoms with Crippen LogP contribution >= 0.6 is 0 Å². The predicted octanol–water partition coefficient (Wildman–Crippen LogP) is -0.0897. The van der Waals surface area contributed by atoms with Crippen molar-refractivity contribution >= 4 is 12.0 Å². The maximum Gasteiger partial charge on any atom is 1.00 e. The van der Waals surface area contributed by atoms with E-state index >= 15 is 0 Å². The Kier molecular flexibility index (Phi) is 10.7. The number of rotatable bonds is 6. The number of hydrogen-bond donors (Lipinski definition) is 1. The fourth-order valence-electron chi connectivity index (χ4n) is 1.61. The fourth-order valence-corrected chi connectivity index (χ4v) is 1.61. The molecule has 0 aromatic heterocycles. The minimum Gasteiger partial charge on any atom is -0.666 e. The Morgan fingerprint density at radius 1 is 1.25 bits per heavy atom. The first-order valence-corrected chi connectivity index (χ1v) is 6.21. The Labute approximate surface area is 178 Å². The molecule has 0 saturated carbocycles. The Balaban J connectivity index is 0.00000361. The van der Waals surface area contributed by atoms with Crippen molar-refractivity contribution < 1.29 is 83.2 Å². The summed E-state index contributed by atoms with van der Waals surface area (Å²) in [5.74, 6) is -0.584. The Hall–Kier alpha value is 0.0119. The van der Waals surface area contributed by atoms with Crippen LogP contribution in [0.5, 0.6) is 0 Å². The van der Waals surface area contributed by atoms with E-state index in [4.69, 9.17) is 10.5 Å². The molecule has 104 valence electrons. The van der Waals surface area contributed by atoms with Gasteiger partial charge in [0.1, 0.15) is 6.61 Å². The van der Waals surface area contributed by atoms with Crippen LogP contribution in [0.15, 0.2) is 30.3 Å². The summed E-state index contributed by atoms with van der Waals surface area (Å²) in [6.45, 7) is 3.99. The van der Waals surface area contributed by atoms with Gasteiger partial charge < -0.3 is 20.6 Å². The zero-order valence-electron chi connectivity index (χ0n) is 12.2. The van der Waals surface area contributed by atoms with Gasteiger partial charge in [0.15, 0.2) is 0 Å². The molecular weight excluding hydrogens is 377 g/mol. The molecule has 2 amide bonds. The van der Waals surface area contributed by atoms with Gasteiger partial charge in [-0.1, -0.05) is 44.2 Å². The van der Waals surface area contributed by atoms with Crippen LogP contribution in [0.4, 0.5) is 4.79 Å². The van der Waals surface area contributed by atoms with E-state index in [-0.39, 0.29) is 81.4 Å². The van der Waals surface area contributed by atoms with Gasteiger partial charge >= 0.3 is 75.0 Å². The van der Waals surface area contributed by atoms with Gasteiger partial charge in [0.2, 0.25) is 0 Å². The van der Waals surface area contributed by atoms with Crippen molar-refractivity contribution in [2.24, 2.45) is 5.92 Å². The van der Waals surface area contributed by atoms with Crippen LogP contribution in [-0.4, -0.2) is 18.0 Å². The number of hydrogen-bond acceptors (Lipinski definition) is 3. The summed E-state index contributed by atoms with van der Waals surface area (Å²) >= 11 is 0. The molecule has 1 aromatic carbocycles. The standard InChI is InChI=1S/C14H20N2O3.Cs/c1-10(2)8-12(13(15)17)16-14(18)19-9-11-6-4-3-5-7-11;/h3-7,10,12H,8-9H2,1-2H3,(H3,15,16,17,18);/q;+1/p-1. The molecule has 6 heteroatoms. The van der Waals surface area contributed by atoms with Crippen molar-refractivity contribution in [3.8, 4) is 0 Å². The smallest absolute Gasteiger partial charge is 0.666 e. The molecular formula is C14H19CsN2O3. The van der Waals surface area contributed by atoms with E-state index in [1.807, 2.05) is 44.2 Å². The Morgan fingerprint density at radius 2 is 1.85 bits per heavy atom. The fraction of sp³-hybridized carbons (Fsp3) is 0.429. The number of carbonyl (C=O) groups excluding carboxylic acids is 2. The van der Waals surface area contributed by atoms with Crippen molar-refractivity contribution in [3.05, 3.63) is 41.6 Å². The average molecular weight is 396 g/mol. The maximum atomic E-state index is 11.5. The maximum absolute atomic E-state index is 11.5. The summed E-state index contributed by atoms with van der Waals surface area (Å²) in [5, 5.41) is 2.42. The Bertz CT molecular complexity index is 424. The number of benzene rings is 1. The molecule has 20 heavy (non-hydrogen) atoms. The molecule has 1 atom stereocenters. The van der Waals surface area contributed by atoms with E-state index in [9.17, 15) is 9.59 Å². The van der Waals surface area contributed by atoms with E-state index in [0.717, 1.165) is 5.56 Å². The largest absolute Gasteiger partial charge is 1.00 e. The van der Waals surface area contributed by atoms with Crippen LogP contribution in [0.25, 0.3) is 5.73 Å². The third kappa shape index (κ3) is 8.33. The molecule has 5 nitrogen and oxygen atoms in total. The normalized spacial score (nSPS) is 11.3. The third-order valence-electron chi connectivity index (χ3n) is 2.53. The molecule has 0 fully saturated rings. The van der Waals surface area contributed by atoms with Crippen LogP contribution < -0.4 is 74.2 Å². The second-order valence-electron chi connectivity index (χ2n) is 4.75. The molecule has 0 bridgehead atoms. The Morgan fingerprint density at radius 3 is 2.35 bits per heavy atom. The zero-order valence-corrected chi connectivity index (χ0v) is 18.5. The van der Waals surface area contributed by atoms with Crippen molar-refractivity contribution in [2.45, 2.75) is 32.9 Å². The summed E-state index contributed by atoms with van der Waals surface area (Å²) < 4.78 is 5.00. The summed E-state index contributed by atoms with van der Waals surface area (Å²) in [6, 6.07) is 8.46. The van der Waals surface area contributed by atoms with Crippen LogP contribution in [0.3, 0.4) is 0 Å². The van der Waals surface area contributed by atoms with Gasteiger partial charge in [0.05, 0.1) is 11.9 Å². The molecule has 0 spiro atoms. The number of nitrogens with one attached hydrogen (secondary N) is 2. The van der Waals surface area contributed by atoms with Crippen LogP contribution in [0, 0.1) is 5.92 Å². The molecule has 0 saturated heterocycles. The summed E-state index contributed by atoms with van der Waals surface area (Å²) in [4.78, 5) is 22.6. The second-order valence-corrected chi connectivity index (χ2v) is 4.75. The topological polar surface area (TPSA) is 79.2 Å². The average Bonchev–Trinajstić information content (AvgIpc) is 2.36. The quantitative estimate of drug-likeness (QED) is 0.730. The van der Waals surface area contributed by atoms with Crippen molar-refractivity contribution in [2.75, 3.05) is 0 Å². The summed E-state index contributed by atoms with van der Waals surface area (Å²) in [7, 11) is 0. The van der Waals surface area contributed by atoms with Gasteiger partial charge in [-0.05, 0) is 17.9 Å². The monoisotopic (exact) mass is 396 g/mol. The SMILES string of the molecule is CC(C)CC(NC(=O)OCc1ccccc1)C([NH-])=O.[Cs+]. The van der Waals surface area contributed by atoms with E-state index in [1.54, 1.807) is 0 Å².